The Balaban J connectivity index is 2.03. The van der Waals surface area contributed by atoms with E-state index in [4.69, 9.17) is 10.5 Å². The summed E-state index contributed by atoms with van der Waals surface area (Å²) in [4.78, 5) is 4.39. The van der Waals surface area contributed by atoms with Crippen LogP contribution in [0.4, 0.5) is 10.1 Å². The molecule has 6 heteroatoms. The van der Waals surface area contributed by atoms with Crippen LogP contribution in [0.2, 0.25) is 0 Å². The van der Waals surface area contributed by atoms with E-state index in [1.165, 1.54) is 13.2 Å². The summed E-state index contributed by atoms with van der Waals surface area (Å²) in [6.07, 6.45) is 0.235. The second-order valence-electron chi connectivity index (χ2n) is 5.83. The fourth-order valence-corrected chi connectivity index (χ4v) is 3.06. The zero-order chi connectivity index (χ0) is 16.1. The number of hydrogen-bond donors (Lipinski definition) is 2. The van der Waals surface area contributed by atoms with Crippen LogP contribution in [0.5, 0.6) is 5.75 Å². The third kappa shape index (κ3) is 3.88. The molecule has 1 fully saturated rings. The molecule has 1 unspecified atom stereocenters. The number of hydrogen-bond acceptors (Lipinski definition) is 5. The Bertz CT molecular complexity index is 486. The monoisotopic (exact) mass is 311 g/mol. The van der Waals surface area contributed by atoms with Gasteiger partial charge in [0.2, 0.25) is 0 Å². The molecule has 0 saturated carbocycles. The van der Waals surface area contributed by atoms with E-state index in [1.54, 1.807) is 6.07 Å². The van der Waals surface area contributed by atoms with Gasteiger partial charge in [-0.1, -0.05) is 6.07 Å². The predicted octanol–water partition coefficient (Wildman–Crippen LogP) is 1.05. The van der Waals surface area contributed by atoms with Crippen molar-refractivity contribution in [3.63, 3.8) is 0 Å². The van der Waals surface area contributed by atoms with Crippen molar-refractivity contribution in [1.82, 2.24) is 4.90 Å². The van der Waals surface area contributed by atoms with E-state index in [0.717, 1.165) is 25.3 Å². The van der Waals surface area contributed by atoms with Crippen molar-refractivity contribution in [3.8, 4) is 5.75 Å². The maximum atomic E-state index is 13.9. The van der Waals surface area contributed by atoms with Crippen molar-refractivity contribution < 1.29 is 14.2 Å². The Kier molecular flexibility index (Phi) is 5.99. The summed E-state index contributed by atoms with van der Waals surface area (Å²) in [5, 5.41) is 9.88. The van der Waals surface area contributed by atoms with Gasteiger partial charge in [-0.3, -0.25) is 4.90 Å². The van der Waals surface area contributed by atoms with Gasteiger partial charge in [-0.05, 0) is 32.0 Å². The number of benzene rings is 1. The average Bonchev–Trinajstić information content (AvgIpc) is 2.47. The molecule has 0 bridgehead atoms. The van der Waals surface area contributed by atoms with Crippen LogP contribution in [-0.4, -0.2) is 62.0 Å². The average molecular weight is 311 g/mol. The lowest BCUT2D eigenvalue weighted by Crippen LogP contribution is -2.53. The molecule has 0 aliphatic carbocycles. The quantitative estimate of drug-likeness (QED) is 0.822. The predicted molar refractivity (Wildman–Crippen MR) is 85.9 cm³/mol. The summed E-state index contributed by atoms with van der Waals surface area (Å²) in [6, 6.07) is 5.22. The number of para-hydroxylation sites is 1. The SMILES string of the molecule is COc1c(F)cccc1N1CCN(C[C@H](O)CCN)CC1C. The van der Waals surface area contributed by atoms with E-state index in [0.29, 0.717) is 25.3 Å². The van der Waals surface area contributed by atoms with E-state index in [2.05, 4.69) is 16.7 Å². The highest BCUT2D eigenvalue weighted by Crippen LogP contribution is 2.33. The fraction of sp³-hybridized carbons (Fsp3) is 0.625. The minimum absolute atomic E-state index is 0.217. The van der Waals surface area contributed by atoms with Crippen molar-refractivity contribution in [1.29, 1.82) is 0 Å². The highest BCUT2D eigenvalue weighted by molar-refractivity contribution is 5.60. The lowest BCUT2D eigenvalue weighted by Gasteiger charge is -2.42. The van der Waals surface area contributed by atoms with E-state index in [-0.39, 0.29) is 18.0 Å². The summed E-state index contributed by atoms with van der Waals surface area (Å²) in [6.45, 7) is 5.65. The molecule has 1 heterocycles. The molecule has 0 aromatic heterocycles. The van der Waals surface area contributed by atoms with Crippen LogP contribution in [-0.2, 0) is 0 Å². The number of nitrogens with zero attached hydrogens (tertiary/aromatic N) is 2. The first kappa shape index (κ1) is 17.0. The number of piperazine rings is 1. The molecule has 2 atom stereocenters. The second-order valence-corrected chi connectivity index (χ2v) is 5.83. The Hall–Kier alpha value is -1.37. The van der Waals surface area contributed by atoms with Crippen LogP contribution >= 0.6 is 0 Å². The minimum Gasteiger partial charge on any atom is -0.492 e. The second kappa shape index (κ2) is 7.76. The Morgan fingerprint density at radius 3 is 2.86 bits per heavy atom. The van der Waals surface area contributed by atoms with Crippen molar-refractivity contribution in [2.75, 3.05) is 44.7 Å². The summed E-state index contributed by atoms with van der Waals surface area (Å²) in [5.74, 6) is -0.0426. The number of aliphatic hydroxyl groups excluding tert-OH is 1. The van der Waals surface area contributed by atoms with Gasteiger partial charge < -0.3 is 20.5 Å². The molecule has 5 nitrogen and oxygen atoms in total. The molecular weight excluding hydrogens is 285 g/mol. The van der Waals surface area contributed by atoms with Crippen molar-refractivity contribution in [2.24, 2.45) is 5.73 Å². The smallest absolute Gasteiger partial charge is 0.177 e. The van der Waals surface area contributed by atoms with E-state index in [1.807, 2.05) is 6.07 Å². The molecule has 2 rings (SSSR count). The van der Waals surface area contributed by atoms with Gasteiger partial charge in [-0.15, -0.1) is 0 Å². The van der Waals surface area contributed by atoms with Gasteiger partial charge in [0.25, 0.3) is 0 Å². The highest BCUT2D eigenvalue weighted by Gasteiger charge is 2.27. The Morgan fingerprint density at radius 1 is 1.45 bits per heavy atom. The molecule has 22 heavy (non-hydrogen) atoms. The molecular formula is C16H26FN3O2. The van der Waals surface area contributed by atoms with Crippen molar-refractivity contribution >= 4 is 5.69 Å². The minimum atomic E-state index is -0.382. The third-order valence-corrected chi connectivity index (χ3v) is 4.14. The zero-order valence-electron chi connectivity index (χ0n) is 13.3. The van der Waals surface area contributed by atoms with Gasteiger partial charge >= 0.3 is 0 Å². The summed E-state index contributed by atoms with van der Waals surface area (Å²) in [5.41, 5.74) is 6.26. The van der Waals surface area contributed by atoms with Crippen molar-refractivity contribution in [2.45, 2.75) is 25.5 Å². The molecule has 1 aliphatic rings. The number of anilines is 1. The van der Waals surface area contributed by atoms with E-state index in [9.17, 15) is 9.50 Å². The number of β-amino-alcohol motifs (C(OH)–C–C–N with tert-alkyl or cyclic N) is 1. The Labute approximate surface area is 131 Å². The maximum absolute atomic E-state index is 13.9. The number of methoxy groups -OCH3 is 1. The largest absolute Gasteiger partial charge is 0.492 e. The molecule has 3 N–H and O–H groups in total. The third-order valence-electron chi connectivity index (χ3n) is 4.14. The first-order valence-electron chi connectivity index (χ1n) is 7.76. The van der Waals surface area contributed by atoms with Gasteiger partial charge in [0.1, 0.15) is 0 Å². The first-order chi connectivity index (χ1) is 10.6. The lowest BCUT2D eigenvalue weighted by molar-refractivity contribution is 0.0971. The van der Waals surface area contributed by atoms with Crippen LogP contribution in [0.15, 0.2) is 18.2 Å². The topological polar surface area (TPSA) is 62.0 Å². The lowest BCUT2D eigenvalue weighted by atomic mass is 10.1. The Morgan fingerprint density at radius 2 is 2.23 bits per heavy atom. The molecule has 0 spiro atoms. The summed E-state index contributed by atoms with van der Waals surface area (Å²) in [7, 11) is 1.49. The van der Waals surface area contributed by atoms with Gasteiger partial charge in [0.15, 0.2) is 11.6 Å². The molecule has 1 saturated heterocycles. The molecule has 1 aromatic carbocycles. The van der Waals surface area contributed by atoms with Gasteiger partial charge in [-0.2, -0.15) is 0 Å². The normalized spacial score (nSPS) is 21.0. The zero-order valence-corrected chi connectivity index (χ0v) is 13.3. The highest BCUT2D eigenvalue weighted by atomic mass is 19.1. The molecule has 124 valence electrons. The summed E-state index contributed by atoms with van der Waals surface area (Å²) >= 11 is 0. The molecule has 0 radical (unpaired) electrons. The number of rotatable bonds is 6. The van der Waals surface area contributed by atoms with Gasteiger partial charge in [0.05, 0.1) is 18.9 Å². The van der Waals surface area contributed by atoms with Crippen molar-refractivity contribution in [3.05, 3.63) is 24.0 Å². The molecule has 0 amide bonds. The van der Waals surface area contributed by atoms with Crippen LogP contribution in [0.25, 0.3) is 0 Å². The standard InChI is InChI=1S/C16H26FN3O2/c1-12-10-19(11-13(21)6-7-18)8-9-20(12)15-5-3-4-14(17)16(15)22-2/h3-5,12-13,21H,6-11,18H2,1-2H3/t12?,13-/m1/s1. The number of nitrogens with two attached hydrogens (primary N) is 1. The van der Waals surface area contributed by atoms with Gasteiger partial charge in [-0.25, -0.2) is 4.39 Å². The summed E-state index contributed by atoms with van der Waals surface area (Å²) < 4.78 is 19.1. The van der Waals surface area contributed by atoms with E-state index >= 15 is 0 Å². The van der Waals surface area contributed by atoms with Crippen LogP contribution in [0, 0.1) is 5.82 Å². The first-order valence-corrected chi connectivity index (χ1v) is 7.76. The van der Waals surface area contributed by atoms with Crippen LogP contribution in [0.1, 0.15) is 13.3 Å². The van der Waals surface area contributed by atoms with Crippen LogP contribution in [0.3, 0.4) is 0 Å². The maximum Gasteiger partial charge on any atom is 0.177 e. The van der Waals surface area contributed by atoms with E-state index < -0.39 is 0 Å². The molecule has 1 aliphatic heterocycles. The number of ether oxygens (including phenoxy) is 1. The van der Waals surface area contributed by atoms with Gasteiger partial charge in [0, 0.05) is 32.2 Å². The number of aliphatic hydroxyl groups is 1. The number of halogens is 1. The van der Waals surface area contributed by atoms with Crippen LogP contribution < -0.4 is 15.4 Å². The fourth-order valence-electron chi connectivity index (χ4n) is 3.06. The molecule has 1 aromatic rings.